The van der Waals surface area contributed by atoms with Gasteiger partial charge in [-0.25, -0.2) is 4.39 Å². The summed E-state index contributed by atoms with van der Waals surface area (Å²) in [5.74, 6) is 1.13. The van der Waals surface area contributed by atoms with Crippen LogP contribution >= 0.6 is 0 Å². The van der Waals surface area contributed by atoms with E-state index in [0.29, 0.717) is 12.2 Å². The van der Waals surface area contributed by atoms with Gasteiger partial charge in [0.1, 0.15) is 18.2 Å². The molecule has 0 aliphatic rings. The van der Waals surface area contributed by atoms with Gasteiger partial charge in [-0.3, -0.25) is 0 Å². The fraction of sp³-hybridized carbons (Fsp3) is 0.385. The Labute approximate surface area is 105 Å². The average molecular weight is 249 g/mol. The largest absolute Gasteiger partial charge is 0.388 e. The molecule has 0 saturated carbocycles. The number of nitrogens with zero attached hydrogens (tertiary/aromatic N) is 3. The topological polar surface area (TPSA) is 50.9 Å². The van der Waals surface area contributed by atoms with E-state index in [-0.39, 0.29) is 12.4 Å². The van der Waals surface area contributed by atoms with Crippen LogP contribution in [0.3, 0.4) is 0 Å². The third-order valence-electron chi connectivity index (χ3n) is 2.77. The van der Waals surface area contributed by atoms with Crippen LogP contribution in [0.15, 0.2) is 24.3 Å². The fourth-order valence-electron chi connectivity index (χ4n) is 1.89. The zero-order valence-corrected chi connectivity index (χ0v) is 10.3. The van der Waals surface area contributed by atoms with Crippen molar-refractivity contribution in [2.24, 2.45) is 0 Å². The number of aliphatic hydroxyl groups is 1. The first-order valence-corrected chi connectivity index (χ1v) is 6.00. The van der Waals surface area contributed by atoms with Crippen LogP contribution in [0, 0.1) is 5.82 Å². The molecular weight excluding hydrogens is 233 g/mol. The molecule has 0 fully saturated rings. The van der Waals surface area contributed by atoms with Gasteiger partial charge in [0.25, 0.3) is 0 Å². The summed E-state index contributed by atoms with van der Waals surface area (Å²) < 4.78 is 14.7. The summed E-state index contributed by atoms with van der Waals surface area (Å²) >= 11 is 0. The van der Waals surface area contributed by atoms with E-state index in [1.165, 1.54) is 12.1 Å². The summed E-state index contributed by atoms with van der Waals surface area (Å²) in [4.78, 5) is 0. The summed E-state index contributed by atoms with van der Waals surface area (Å²) in [6.45, 7) is 2.72. The van der Waals surface area contributed by atoms with E-state index in [1.54, 1.807) is 12.1 Å². The normalized spacial score (nSPS) is 10.8. The zero-order chi connectivity index (χ0) is 13.0. The van der Waals surface area contributed by atoms with Crippen molar-refractivity contribution in [3.63, 3.8) is 0 Å². The number of rotatable bonds is 5. The Morgan fingerprint density at radius 2 is 1.83 bits per heavy atom. The van der Waals surface area contributed by atoms with E-state index >= 15 is 0 Å². The molecule has 0 amide bonds. The molecule has 1 heterocycles. The number of hydrogen-bond acceptors (Lipinski definition) is 3. The van der Waals surface area contributed by atoms with Crippen LogP contribution in [-0.2, 0) is 19.6 Å². The molecule has 0 aliphatic carbocycles. The van der Waals surface area contributed by atoms with Crippen molar-refractivity contribution >= 4 is 0 Å². The predicted octanol–water partition coefficient (Wildman–Crippen LogP) is 1.91. The molecule has 1 aromatic heterocycles. The van der Waals surface area contributed by atoms with Gasteiger partial charge in [-0.1, -0.05) is 19.1 Å². The molecule has 0 atom stereocenters. The molecule has 0 bridgehead atoms. The maximum Gasteiger partial charge on any atom is 0.158 e. The highest BCUT2D eigenvalue weighted by atomic mass is 19.1. The number of hydrogen-bond donors (Lipinski definition) is 1. The van der Waals surface area contributed by atoms with E-state index in [2.05, 4.69) is 17.1 Å². The Hall–Kier alpha value is -1.75. The second-order valence-electron chi connectivity index (χ2n) is 4.15. The quantitative estimate of drug-likeness (QED) is 0.880. The minimum absolute atomic E-state index is 0.115. The van der Waals surface area contributed by atoms with Crippen LogP contribution in [0.5, 0.6) is 0 Å². The summed E-state index contributed by atoms with van der Waals surface area (Å²) in [5, 5.41) is 17.2. The van der Waals surface area contributed by atoms with Crippen molar-refractivity contribution in [3.05, 3.63) is 47.3 Å². The van der Waals surface area contributed by atoms with Crippen molar-refractivity contribution in [1.82, 2.24) is 14.8 Å². The van der Waals surface area contributed by atoms with Crippen LogP contribution in [-0.4, -0.2) is 19.9 Å². The summed E-state index contributed by atoms with van der Waals surface area (Å²) in [5.41, 5.74) is 0.977. The molecule has 0 aliphatic heterocycles. The SMILES string of the molecule is CCCn1c(CO)nnc1Cc1ccc(F)cc1. The molecule has 0 spiro atoms. The van der Waals surface area contributed by atoms with Crippen molar-refractivity contribution in [1.29, 1.82) is 0 Å². The van der Waals surface area contributed by atoms with Crippen molar-refractivity contribution < 1.29 is 9.50 Å². The van der Waals surface area contributed by atoms with E-state index in [4.69, 9.17) is 0 Å². The van der Waals surface area contributed by atoms with Crippen LogP contribution in [0.25, 0.3) is 0 Å². The standard InChI is InChI=1S/C13H16FN3O/c1-2-7-17-12(15-16-13(17)9-18)8-10-3-5-11(14)6-4-10/h3-6,18H,2,7-9H2,1H3. The molecule has 1 aromatic carbocycles. The lowest BCUT2D eigenvalue weighted by Gasteiger charge is -2.07. The van der Waals surface area contributed by atoms with E-state index in [9.17, 15) is 9.50 Å². The predicted molar refractivity (Wildman–Crippen MR) is 65.4 cm³/mol. The molecule has 0 radical (unpaired) electrons. The Kier molecular flexibility index (Phi) is 4.04. The highest BCUT2D eigenvalue weighted by Gasteiger charge is 2.10. The van der Waals surface area contributed by atoms with Crippen molar-refractivity contribution in [2.45, 2.75) is 32.9 Å². The van der Waals surface area contributed by atoms with E-state index in [0.717, 1.165) is 24.4 Å². The lowest BCUT2D eigenvalue weighted by atomic mass is 10.1. The highest BCUT2D eigenvalue weighted by Crippen LogP contribution is 2.11. The molecule has 0 unspecified atom stereocenters. The van der Waals surface area contributed by atoms with Gasteiger partial charge in [0.15, 0.2) is 5.82 Å². The maximum absolute atomic E-state index is 12.8. The van der Waals surface area contributed by atoms with Gasteiger partial charge in [-0.15, -0.1) is 10.2 Å². The number of aromatic nitrogens is 3. The second-order valence-corrected chi connectivity index (χ2v) is 4.15. The fourth-order valence-corrected chi connectivity index (χ4v) is 1.89. The van der Waals surface area contributed by atoms with Crippen molar-refractivity contribution in [2.75, 3.05) is 0 Å². The lowest BCUT2D eigenvalue weighted by molar-refractivity contribution is 0.264. The molecule has 2 rings (SSSR count). The lowest BCUT2D eigenvalue weighted by Crippen LogP contribution is -2.08. The molecule has 4 nitrogen and oxygen atoms in total. The van der Waals surface area contributed by atoms with Crippen LogP contribution in [0.1, 0.15) is 30.6 Å². The summed E-state index contributed by atoms with van der Waals surface area (Å²) in [6.07, 6.45) is 1.54. The highest BCUT2D eigenvalue weighted by molar-refractivity contribution is 5.20. The summed E-state index contributed by atoms with van der Waals surface area (Å²) in [6, 6.07) is 6.34. The minimum Gasteiger partial charge on any atom is -0.388 e. The van der Waals surface area contributed by atoms with E-state index in [1.807, 2.05) is 4.57 Å². The smallest absolute Gasteiger partial charge is 0.158 e. The van der Waals surface area contributed by atoms with Gasteiger partial charge in [0, 0.05) is 13.0 Å². The van der Waals surface area contributed by atoms with Crippen LogP contribution in [0.2, 0.25) is 0 Å². The number of halogens is 1. The average Bonchev–Trinajstić information content (AvgIpc) is 2.75. The van der Waals surface area contributed by atoms with Gasteiger partial charge in [0.05, 0.1) is 0 Å². The molecule has 96 valence electrons. The number of benzene rings is 1. The minimum atomic E-state index is -0.246. The zero-order valence-electron chi connectivity index (χ0n) is 10.3. The molecule has 5 heteroatoms. The van der Waals surface area contributed by atoms with Gasteiger partial charge < -0.3 is 9.67 Å². The molecule has 2 aromatic rings. The third kappa shape index (κ3) is 2.73. The van der Waals surface area contributed by atoms with Crippen LogP contribution in [0.4, 0.5) is 4.39 Å². The molecule has 0 saturated heterocycles. The van der Waals surface area contributed by atoms with Gasteiger partial charge in [-0.2, -0.15) is 0 Å². The Balaban J connectivity index is 2.22. The van der Waals surface area contributed by atoms with Gasteiger partial charge in [0.2, 0.25) is 0 Å². The molecule has 18 heavy (non-hydrogen) atoms. The molecular formula is C13H16FN3O. The second kappa shape index (κ2) is 5.73. The Bertz CT molecular complexity index is 507. The van der Waals surface area contributed by atoms with E-state index < -0.39 is 0 Å². The Morgan fingerprint density at radius 1 is 1.17 bits per heavy atom. The maximum atomic E-state index is 12.8. The first-order valence-electron chi connectivity index (χ1n) is 6.00. The third-order valence-corrected chi connectivity index (χ3v) is 2.77. The monoisotopic (exact) mass is 249 g/mol. The van der Waals surface area contributed by atoms with Crippen LogP contribution < -0.4 is 0 Å². The first kappa shape index (κ1) is 12.7. The molecule has 1 N–H and O–H groups in total. The van der Waals surface area contributed by atoms with Gasteiger partial charge in [-0.05, 0) is 24.1 Å². The Morgan fingerprint density at radius 3 is 2.44 bits per heavy atom. The number of aliphatic hydroxyl groups excluding tert-OH is 1. The van der Waals surface area contributed by atoms with Gasteiger partial charge >= 0.3 is 0 Å². The first-order chi connectivity index (χ1) is 8.74. The van der Waals surface area contributed by atoms with Crippen molar-refractivity contribution in [3.8, 4) is 0 Å². The summed E-state index contributed by atoms with van der Waals surface area (Å²) in [7, 11) is 0.